The van der Waals surface area contributed by atoms with E-state index in [1.165, 1.54) is 20.8 Å². The molecule has 1 amide bonds. The van der Waals surface area contributed by atoms with Crippen molar-refractivity contribution in [3.63, 3.8) is 0 Å². The monoisotopic (exact) mass is 290 g/mol. The molecule has 1 unspecified atom stereocenters. The van der Waals surface area contributed by atoms with Gasteiger partial charge in [-0.1, -0.05) is 12.1 Å². The number of nitrogens with zero attached hydrogens (tertiary/aromatic N) is 1. The predicted octanol–water partition coefficient (Wildman–Crippen LogP) is 1.55. The smallest absolute Gasteiger partial charge is 0.310 e. The number of hydrogen-bond acceptors (Lipinski definition) is 4. The summed E-state index contributed by atoms with van der Waals surface area (Å²) in [6, 6.07) is 8.57. The number of carboxylic acid groups (broad SMARTS) is 1. The first-order valence-electron chi connectivity index (χ1n) is 6.45. The second-order valence-corrected chi connectivity index (χ2v) is 5.27. The second-order valence-electron chi connectivity index (χ2n) is 5.27. The summed E-state index contributed by atoms with van der Waals surface area (Å²) in [7, 11) is 0. The standard InChI is InChI=1S/C15H18N2O4/c1-10(13(18)17-9-15(2,3)14(19)20)21-12-7-5-4-6-11(12)8-16/h4-7,10H,9H2,1-3H3,(H,17,18)(H,19,20). The third-order valence-corrected chi connectivity index (χ3v) is 2.96. The number of amides is 1. The highest BCUT2D eigenvalue weighted by Crippen LogP contribution is 2.18. The van der Waals surface area contributed by atoms with E-state index >= 15 is 0 Å². The zero-order valence-electron chi connectivity index (χ0n) is 12.2. The maximum atomic E-state index is 11.9. The molecule has 21 heavy (non-hydrogen) atoms. The third kappa shape index (κ3) is 4.49. The van der Waals surface area contributed by atoms with Gasteiger partial charge in [0.25, 0.3) is 5.91 Å². The van der Waals surface area contributed by atoms with Gasteiger partial charge in [-0.05, 0) is 32.9 Å². The molecular formula is C15H18N2O4. The van der Waals surface area contributed by atoms with E-state index in [2.05, 4.69) is 5.32 Å². The Morgan fingerprint density at radius 2 is 2.05 bits per heavy atom. The van der Waals surface area contributed by atoms with Crippen LogP contribution in [-0.4, -0.2) is 29.6 Å². The lowest BCUT2D eigenvalue weighted by atomic mass is 9.94. The van der Waals surface area contributed by atoms with Gasteiger partial charge in [0, 0.05) is 6.54 Å². The van der Waals surface area contributed by atoms with Crippen LogP contribution in [0.3, 0.4) is 0 Å². The van der Waals surface area contributed by atoms with Crippen molar-refractivity contribution in [3.05, 3.63) is 29.8 Å². The van der Waals surface area contributed by atoms with E-state index in [1.54, 1.807) is 24.3 Å². The number of nitrogens with one attached hydrogen (secondary N) is 1. The predicted molar refractivity (Wildman–Crippen MR) is 75.7 cm³/mol. The summed E-state index contributed by atoms with van der Waals surface area (Å²) in [6.07, 6.45) is -0.830. The Morgan fingerprint density at radius 3 is 2.62 bits per heavy atom. The average Bonchev–Trinajstić information content (AvgIpc) is 2.45. The number of nitriles is 1. The molecule has 1 rings (SSSR count). The summed E-state index contributed by atoms with van der Waals surface area (Å²) in [5.41, 5.74) is -0.719. The molecule has 0 saturated carbocycles. The van der Waals surface area contributed by atoms with Gasteiger partial charge in [0.1, 0.15) is 11.8 Å². The van der Waals surface area contributed by atoms with Crippen molar-refractivity contribution >= 4 is 11.9 Å². The van der Waals surface area contributed by atoms with Crippen molar-refractivity contribution in [2.24, 2.45) is 5.41 Å². The van der Waals surface area contributed by atoms with E-state index in [1.807, 2.05) is 6.07 Å². The largest absolute Gasteiger partial charge is 0.481 e. The molecule has 1 aromatic rings. The van der Waals surface area contributed by atoms with Gasteiger partial charge in [-0.25, -0.2) is 0 Å². The molecule has 0 radical (unpaired) electrons. The summed E-state index contributed by atoms with van der Waals surface area (Å²) in [5.74, 6) is -1.11. The lowest BCUT2D eigenvalue weighted by Crippen LogP contribution is -2.43. The van der Waals surface area contributed by atoms with Crippen molar-refractivity contribution < 1.29 is 19.4 Å². The number of para-hydroxylation sites is 1. The first-order valence-corrected chi connectivity index (χ1v) is 6.45. The van der Waals surface area contributed by atoms with Crippen molar-refractivity contribution in [1.29, 1.82) is 5.26 Å². The third-order valence-electron chi connectivity index (χ3n) is 2.96. The molecule has 1 aromatic carbocycles. The Kier molecular flexibility index (Phi) is 5.30. The van der Waals surface area contributed by atoms with Gasteiger partial charge in [-0.15, -0.1) is 0 Å². The highest BCUT2D eigenvalue weighted by Gasteiger charge is 2.28. The van der Waals surface area contributed by atoms with Crippen LogP contribution < -0.4 is 10.1 Å². The number of carboxylic acids is 1. The summed E-state index contributed by atoms with van der Waals surface area (Å²) >= 11 is 0. The van der Waals surface area contributed by atoms with E-state index < -0.39 is 23.4 Å². The second kappa shape index (κ2) is 6.75. The van der Waals surface area contributed by atoms with Gasteiger partial charge >= 0.3 is 5.97 Å². The van der Waals surface area contributed by atoms with Crippen LogP contribution in [0.4, 0.5) is 0 Å². The lowest BCUT2D eigenvalue weighted by molar-refractivity contribution is -0.147. The summed E-state index contributed by atoms with van der Waals surface area (Å²) in [6.45, 7) is 4.57. The van der Waals surface area contributed by atoms with Crippen LogP contribution in [0.25, 0.3) is 0 Å². The quantitative estimate of drug-likeness (QED) is 0.828. The van der Waals surface area contributed by atoms with Crippen molar-refractivity contribution in [1.82, 2.24) is 5.32 Å². The van der Waals surface area contributed by atoms with E-state index in [0.717, 1.165) is 0 Å². The van der Waals surface area contributed by atoms with Crippen molar-refractivity contribution in [2.45, 2.75) is 26.9 Å². The first-order chi connectivity index (χ1) is 9.77. The minimum atomic E-state index is -1.06. The van der Waals surface area contributed by atoms with Crippen LogP contribution in [0.15, 0.2) is 24.3 Å². The summed E-state index contributed by atoms with van der Waals surface area (Å²) < 4.78 is 5.44. The number of rotatable bonds is 6. The van der Waals surface area contributed by atoms with E-state index in [9.17, 15) is 9.59 Å². The Balaban J connectivity index is 2.64. The average molecular weight is 290 g/mol. The summed E-state index contributed by atoms with van der Waals surface area (Å²) in [5, 5.41) is 20.5. The minimum absolute atomic E-state index is 0.00519. The van der Waals surface area contributed by atoms with Crippen LogP contribution in [0.5, 0.6) is 5.75 Å². The molecule has 1 atom stereocenters. The number of benzene rings is 1. The molecular weight excluding hydrogens is 272 g/mol. The van der Waals surface area contributed by atoms with Crippen LogP contribution in [0, 0.1) is 16.7 Å². The number of hydrogen-bond donors (Lipinski definition) is 2. The van der Waals surface area contributed by atoms with Gasteiger partial charge in [0.05, 0.1) is 11.0 Å². The zero-order chi connectivity index (χ0) is 16.0. The topological polar surface area (TPSA) is 99.4 Å². The molecule has 0 aliphatic carbocycles. The van der Waals surface area contributed by atoms with Crippen LogP contribution in [0.1, 0.15) is 26.3 Å². The molecule has 0 saturated heterocycles. The number of ether oxygens (including phenoxy) is 1. The maximum Gasteiger partial charge on any atom is 0.310 e. The maximum absolute atomic E-state index is 11.9. The number of carbonyl (C=O) groups is 2. The van der Waals surface area contributed by atoms with E-state index in [4.69, 9.17) is 15.1 Å². The molecule has 0 spiro atoms. The van der Waals surface area contributed by atoms with E-state index in [0.29, 0.717) is 11.3 Å². The normalized spacial score (nSPS) is 12.1. The fourth-order valence-corrected chi connectivity index (χ4v) is 1.43. The zero-order valence-corrected chi connectivity index (χ0v) is 12.2. The Bertz CT molecular complexity index is 575. The molecule has 0 aliphatic heterocycles. The molecule has 112 valence electrons. The SMILES string of the molecule is CC(Oc1ccccc1C#N)C(=O)NCC(C)(C)C(=O)O. The molecule has 6 heteroatoms. The minimum Gasteiger partial charge on any atom is -0.481 e. The highest BCUT2D eigenvalue weighted by molar-refractivity contribution is 5.82. The summed E-state index contributed by atoms with van der Waals surface area (Å²) in [4.78, 5) is 22.9. The van der Waals surface area contributed by atoms with Crippen LogP contribution in [0.2, 0.25) is 0 Å². The van der Waals surface area contributed by atoms with Crippen molar-refractivity contribution in [2.75, 3.05) is 6.54 Å². The number of aliphatic carboxylic acids is 1. The Labute approximate surface area is 123 Å². The van der Waals surface area contributed by atoms with Gasteiger partial charge in [0.15, 0.2) is 6.10 Å². The number of carbonyl (C=O) groups excluding carboxylic acids is 1. The van der Waals surface area contributed by atoms with Gasteiger partial charge in [0.2, 0.25) is 0 Å². The van der Waals surface area contributed by atoms with Crippen LogP contribution >= 0.6 is 0 Å². The molecule has 0 fully saturated rings. The Morgan fingerprint density at radius 1 is 1.43 bits per heavy atom. The van der Waals surface area contributed by atoms with Gasteiger partial charge in [-0.3, -0.25) is 9.59 Å². The lowest BCUT2D eigenvalue weighted by Gasteiger charge is -2.21. The first kappa shape index (κ1) is 16.5. The highest BCUT2D eigenvalue weighted by atomic mass is 16.5. The fourth-order valence-electron chi connectivity index (χ4n) is 1.43. The molecule has 0 aromatic heterocycles. The molecule has 0 bridgehead atoms. The van der Waals surface area contributed by atoms with Gasteiger partial charge < -0.3 is 15.2 Å². The van der Waals surface area contributed by atoms with E-state index in [-0.39, 0.29) is 6.54 Å². The van der Waals surface area contributed by atoms with Gasteiger partial charge in [-0.2, -0.15) is 5.26 Å². The molecule has 0 heterocycles. The fraction of sp³-hybridized carbons (Fsp3) is 0.400. The van der Waals surface area contributed by atoms with Crippen molar-refractivity contribution in [3.8, 4) is 11.8 Å². The molecule has 0 aliphatic rings. The molecule has 2 N–H and O–H groups in total. The Hall–Kier alpha value is -2.55. The van der Waals surface area contributed by atoms with Crippen LogP contribution in [-0.2, 0) is 9.59 Å². The molecule has 6 nitrogen and oxygen atoms in total.